The highest BCUT2D eigenvalue weighted by Crippen LogP contribution is 2.18. The molecule has 0 fully saturated rings. The molecular formula is C12H14N4O. The van der Waals surface area contributed by atoms with E-state index in [0.29, 0.717) is 5.82 Å². The van der Waals surface area contributed by atoms with Crippen LogP contribution in [0, 0.1) is 5.92 Å². The minimum absolute atomic E-state index is 0.0447. The highest BCUT2D eigenvalue weighted by Gasteiger charge is 2.08. The fourth-order valence-corrected chi connectivity index (χ4v) is 1.35. The molecule has 0 radical (unpaired) electrons. The van der Waals surface area contributed by atoms with Gasteiger partial charge in [0, 0.05) is 23.9 Å². The first-order valence-corrected chi connectivity index (χ1v) is 5.44. The van der Waals surface area contributed by atoms with Gasteiger partial charge >= 0.3 is 0 Å². The third kappa shape index (κ3) is 2.69. The van der Waals surface area contributed by atoms with Crippen molar-refractivity contribution in [2.45, 2.75) is 13.8 Å². The number of carbonyl (C=O) groups excluding carboxylic acids is 1. The molecule has 5 nitrogen and oxygen atoms in total. The molecule has 0 atom stereocenters. The molecule has 0 aliphatic carbocycles. The van der Waals surface area contributed by atoms with Gasteiger partial charge < -0.3 is 5.32 Å². The van der Waals surface area contributed by atoms with E-state index in [1.165, 1.54) is 0 Å². The van der Waals surface area contributed by atoms with Gasteiger partial charge in [-0.2, -0.15) is 5.10 Å². The highest BCUT2D eigenvalue weighted by atomic mass is 16.1. The first kappa shape index (κ1) is 11.3. The van der Waals surface area contributed by atoms with Gasteiger partial charge in [-0.15, -0.1) is 0 Å². The summed E-state index contributed by atoms with van der Waals surface area (Å²) in [6.45, 7) is 3.68. The molecule has 2 aromatic rings. The van der Waals surface area contributed by atoms with E-state index in [4.69, 9.17) is 0 Å². The molecule has 88 valence electrons. The predicted molar refractivity (Wildman–Crippen MR) is 65.3 cm³/mol. The maximum absolute atomic E-state index is 11.5. The minimum Gasteiger partial charge on any atom is -0.310 e. The van der Waals surface area contributed by atoms with E-state index in [1.807, 2.05) is 26.0 Å². The molecule has 2 rings (SSSR count). The first-order chi connectivity index (χ1) is 8.16. The smallest absolute Gasteiger partial charge is 0.228 e. The number of nitrogens with zero attached hydrogens (tertiary/aromatic N) is 2. The van der Waals surface area contributed by atoms with Crippen LogP contribution in [0.3, 0.4) is 0 Å². The van der Waals surface area contributed by atoms with Crippen LogP contribution in [0.15, 0.2) is 30.6 Å². The van der Waals surface area contributed by atoms with Gasteiger partial charge in [0.1, 0.15) is 5.82 Å². The predicted octanol–water partition coefficient (Wildman–Crippen LogP) is 2.07. The summed E-state index contributed by atoms with van der Waals surface area (Å²) in [5.41, 5.74) is 1.74. The Hall–Kier alpha value is -2.17. The van der Waals surface area contributed by atoms with Crippen LogP contribution in [0.4, 0.5) is 5.82 Å². The van der Waals surface area contributed by atoms with Crippen LogP contribution in [0.2, 0.25) is 0 Å². The number of nitrogens with one attached hydrogen (secondary N) is 2. The number of pyridine rings is 1. The van der Waals surface area contributed by atoms with E-state index in [2.05, 4.69) is 20.5 Å². The Bertz CT molecular complexity index is 505. The topological polar surface area (TPSA) is 70.7 Å². The summed E-state index contributed by atoms with van der Waals surface area (Å²) in [5.74, 6) is 0.437. The Balaban J connectivity index is 2.20. The maximum atomic E-state index is 11.5. The number of hydrogen-bond acceptors (Lipinski definition) is 3. The van der Waals surface area contributed by atoms with Crippen molar-refractivity contribution in [1.29, 1.82) is 0 Å². The van der Waals surface area contributed by atoms with Crippen LogP contribution >= 0.6 is 0 Å². The second kappa shape index (κ2) is 4.78. The van der Waals surface area contributed by atoms with Gasteiger partial charge in [-0.05, 0) is 18.2 Å². The van der Waals surface area contributed by atoms with E-state index in [9.17, 15) is 4.79 Å². The third-order valence-corrected chi connectivity index (χ3v) is 2.33. The lowest BCUT2D eigenvalue weighted by Gasteiger charge is -2.07. The quantitative estimate of drug-likeness (QED) is 0.847. The number of H-pyrrole nitrogens is 1. The number of aromatic nitrogens is 3. The summed E-state index contributed by atoms with van der Waals surface area (Å²) in [6.07, 6.45) is 3.40. The van der Waals surface area contributed by atoms with E-state index in [0.717, 1.165) is 11.3 Å². The number of aromatic amines is 1. The van der Waals surface area contributed by atoms with Crippen LogP contribution < -0.4 is 5.32 Å². The zero-order valence-electron chi connectivity index (χ0n) is 9.77. The number of rotatable bonds is 3. The Morgan fingerprint density at radius 3 is 2.88 bits per heavy atom. The number of anilines is 1. The molecule has 2 heterocycles. The fraction of sp³-hybridized carbons (Fsp3) is 0.250. The summed E-state index contributed by atoms with van der Waals surface area (Å²) in [7, 11) is 0. The molecule has 2 N–H and O–H groups in total. The van der Waals surface area contributed by atoms with Gasteiger partial charge in [-0.3, -0.25) is 9.89 Å². The van der Waals surface area contributed by atoms with Gasteiger partial charge in [0.25, 0.3) is 0 Å². The van der Waals surface area contributed by atoms with Gasteiger partial charge in [-0.25, -0.2) is 4.98 Å². The highest BCUT2D eigenvalue weighted by molar-refractivity contribution is 5.91. The second-order valence-corrected chi connectivity index (χ2v) is 4.03. The second-order valence-electron chi connectivity index (χ2n) is 4.03. The Labute approximate surface area is 99.3 Å². The molecule has 0 unspecified atom stereocenters. The molecule has 1 amide bonds. The van der Waals surface area contributed by atoms with Crippen LogP contribution in [0.25, 0.3) is 11.3 Å². The van der Waals surface area contributed by atoms with Crippen LogP contribution in [-0.4, -0.2) is 21.1 Å². The molecule has 0 aliphatic heterocycles. The summed E-state index contributed by atoms with van der Waals surface area (Å²) in [6, 6.07) is 5.51. The summed E-state index contributed by atoms with van der Waals surface area (Å²) >= 11 is 0. The minimum atomic E-state index is -0.0640. The number of hydrogen-bond donors (Lipinski definition) is 2. The number of amides is 1. The Morgan fingerprint density at radius 2 is 2.24 bits per heavy atom. The normalized spacial score (nSPS) is 10.5. The van der Waals surface area contributed by atoms with E-state index in [-0.39, 0.29) is 11.8 Å². The maximum Gasteiger partial charge on any atom is 0.228 e. The van der Waals surface area contributed by atoms with Crippen molar-refractivity contribution in [2.75, 3.05) is 5.32 Å². The number of carbonyl (C=O) groups is 1. The monoisotopic (exact) mass is 230 g/mol. The van der Waals surface area contributed by atoms with Crippen LogP contribution in [0.5, 0.6) is 0 Å². The molecular weight excluding hydrogens is 216 g/mol. The molecule has 0 aliphatic rings. The molecule has 0 saturated carbocycles. The lowest BCUT2D eigenvalue weighted by molar-refractivity contribution is -0.118. The van der Waals surface area contributed by atoms with Crippen molar-refractivity contribution < 1.29 is 4.79 Å². The van der Waals surface area contributed by atoms with Crippen molar-refractivity contribution in [3.63, 3.8) is 0 Å². The van der Waals surface area contributed by atoms with Crippen LogP contribution in [-0.2, 0) is 4.79 Å². The Kier molecular flexibility index (Phi) is 3.18. The zero-order valence-corrected chi connectivity index (χ0v) is 9.77. The molecule has 0 saturated heterocycles. The third-order valence-electron chi connectivity index (χ3n) is 2.33. The average molecular weight is 230 g/mol. The van der Waals surface area contributed by atoms with Crippen LogP contribution in [0.1, 0.15) is 13.8 Å². The molecule has 0 spiro atoms. The largest absolute Gasteiger partial charge is 0.310 e. The molecule has 17 heavy (non-hydrogen) atoms. The average Bonchev–Trinajstić information content (AvgIpc) is 2.82. The molecule has 0 aromatic carbocycles. The molecule has 2 aromatic heterocycles. The first-order valence-electron chi connectivity index (χ1n) is 5.44. The van der Waals surface area contributed by atoms with E-state index >= 15 is 0 Å². The lowest BCUT2D eigenvalue weighted by Crippen LogP contribution is -2.18. The van der Waals surface area contributed by atoms with Crippen molar-refractivity contribution in [1.82, 2.24) is 15.2 Å². The van der Waals surface area contributed by atoms with Crippen molar-refractivity contribution in [3.8, 4) is 11.3 Å². The van der Waals surface area contributed by atoms with Gasteiger partial charge in [0.05, 0.1) is 5.69 Å². The fourth-order valence-electron chi connectivity index (χ4n) is 1.35. The Morgan fingerprint density at radius 1 is 1.41 bits per heavy atom. The summed E-state index contributed by atoms with van der Waals surface area (Å²) < 4.78 is 0. The SMILES string of the molecule is CC(C)C(=O)Nc1cc(-c2cc[nH]n2)ccn1. The van der Waals surface area contributed by atoms with Crippen molar-refractivity contribution in [2.24, 2.45) is 5.92 Å². The molecule has 0 bridgehead atoms. The van der Waals surface area contributed by atoms with Gasteiger partial charge in [-0.1, -0.05) is 13.8 Å². The van der Waals surface area contributed by atoms with E-state index in [1.54, 1.807) is 18.5 Å². The van der Waals surface area contributed by atoms with Crippen molar-refractivity contribution >= 4 is 11.7 Å². The van der Waals surface area contributed by atoms with Gasteiger partial charge in [0.15, 0.2) is 0 Å². The molecule has 5 heteroatoms. The van der Waals surface area contributed by atoms with E-state index < -0.39 is 0 Å². The summed E-state index contributed by atoms with van der Waals surface area (Å²) in [4.78, 5) is 15.6. The standard InChI is InChI=1S/C12H14N4O/c1-8(2)12(17)15-11-7-9(3-5-13-11)10-4-6-14-16-10/h3-8H,1-2H3,(H,14,16)(H,13,15,17). The summed E-state index contributed by atoms with van der Waals surface area (Å²) in [5, 5.41) is 9.58. The van der Waals surface area contributed by atoms with Crippen molar-refractivity contribution in [3.05, 3.63) is 30.6 Å². The van der Waals surface area contributed by atoms with Gasteiger partial charge in [0.2, 0.25) is 5.91 Å². The lowest BCUT2D eigenvalue weighted by atomic mass is 10.2. The zero-order chi connectivity index (χ0) is 12.3.